The largest absolute Gasteiger partial charge is 0.508 e. The van der Waals surface area contributed by atoms with Crippen molar-refractivity contribution in [3.63, 3.8) is 0 Å². The van der Waals surface area contributed by atoms with Crippen LogP contribution in [0.2, 0.25) is 0 Å². The van der Waals surface area contributed by atoms with Crippen LogP contribution in [0.3, 0.4) is 0 Å². The molecular formula is C10H15BN2O3. The highest BCUT2D eigenvalue weighted by Crippen LogP contribution is 2.16. The lowest BCUT2D eigenvalue weighted by molar-refractivity contribution is -0.123. The van der Waals surface area contributed by atoms with Gasteiger partial charge in [-0.2, -0.15) is 0 Å². The van der Waals surface area contributed by atoms with Gasteiger partial charge < -0.3 is 15.4 Å². The summed E-state index contributed by atoms with van der Waals surface area (Å²) in [5.74, 6) is -0.142. The van der Waals surface area contributed by atoms with Crippen LogP contribution in [0.25, 0.3) is 0 Å². The molecule has 0 spiro atoms. The molecule has 0 fully saturated rings. The Kier molecular flexibility index (Phi) is 3.67. The van der Waals surface area contributed by atoms with E-state index in [2.05, 4.69) is 10.3 Å². The van der Waals surface area contributed by atoms with E-state index < -0.39 is 12.5 Å². The summed E-state index contributed by atoms with van der Waals surface area (Å²) in [5, 5.41) is 20.5. The summed E-state index contributed by atoms with van der Waals surface area (Å²) in [4.78, 5) is 15.4. The fourth-order valence-corrected chi connectivity index (χ4v) is 0.986. The van der Waals surface area contributed by atoms with Crippen LogP contribution < -0.4 is 10.9 Å². The standard InChI is InChI=1S/C10H15BN2O3/c1-10(2,3)9(14)13-7-4-5-12-8(6-7)11(15)16/h4-6,15-16H,1-3H3,(H,12,13,14). The van der Waals surface area contributed by atoms with Gasteiger partial charge in [0.05, 0.1) is 5.59 Å². The molecule has 0 aliphatic carbocycles. The van der Waals surface area contributed by atoms with E-state index in [0.717, 1.165) is 0 Å². The third-order valence-corrected chi connectivity index (χ3v) is 1.98. The lowest BCUT2D eigenvalue weighted by Crippen LogP contribution is -2.33. The molecule has 0 aromatic carbocycles. The van der Waals surface area contributed by atoms with Gasteiger partial charge in [-0.3, -0.25) is 9.78 Å². The monoisotopic (exact) mass is 222 g/mol. The predicted octanol–water partition coefficient (Wildman–Crippen LogP) is -0.254. The highest BCUT2D eigenvalue weighted by molar-refractivity contribution is 6.57. The van der Waals surface area contributed by atoms with Crippen molar-refractivity contribution < 1.29 is 14.8 Å². The zero-order chi connectivity index (χ0) is 12.3. The average Bonchev–Trinajstić information content (AvgIpc) is 2.16. The van der Waals surface area contributed by atoms with E-state index >= 15 is 0 Å². The lowest BCUT2D eigenvalue weighted by atomic mass is 9.85. The highest BCUT2D eigenvalue weighted by Gasteiger charge is 2.21. The summed E-state index contributed by atoms with van der Waals surface area (Å²) >= 11 is 0. The molecule has 86 valence electrons. The van der Waals surface area contributed by atoms with E-state index in [4.69, 9.17) is 10.0 Å². The molecule has 0 bridgehead atoms. The van der Waals surface area contributed by atoms with Gasteiger partial charge in [-0.15, -0.1) is 0 Å². The van der Waals surface area contributed by atoms with Crippen LogP contribution in [-0.4, -0.2) is 28.1 Å². The molecule has 1 aromatic rings. The van der Waals surface area contributed by atoms with E-state index in [1.54, 1.807) is 26.8 Å². The number of pyridine rings is 1. The number of carbonyl (C=O) groups is 1. The average molecular weight is 222 g/mol. The molecule has 0 radical (unpaired) electrons. The fourth-order valence-electron chi connectivity index (χ4n) is 0.986. The van der Waals surface area contributed by atoms with Crippen molar-refractivity contribution in [3.8, 4) is 0 Å². The molecule has 3 N–H and O–H groups in total. The third kappa shape index (κ3) is 3.32. The zero-order valence-corrected chi connectivity index (χ0v) is 9.56. The Morgan fingerprint density at radius 1 is 1.44 bits per heavy atom. The first-order chi connectivity index (χ1) is 7.30. The molecule has 1 heterocycles. The Labute approximate surface area is 94.7 Å². The molecule has 0 aliphatic rings. The quantitative estimate of drug-likeness (QED) is 0.602. The fraction of sp³-hybridized carbons (Fsp3) is 0.400. The van der Waals surface area contributed by atoms with Crippen molar-refractivity contribution in [1.29, 1.82) is 0 Å². The first-order valence-electron chi connectivity index (χ1n) is 4.94. The molecule has 0 saturated heterocycles. The minimum absolute atomic E-state index is 0.103. The second kappa shape index (κ2) is 4.63. The summed E-state index contributed by atoms with van der Waals surface area (Å²) in [5.41, 5.74) is 0.103. The summed E-state index contributed by atoms with van der Waals surface area (Å²) in [6.07, 6.45) is 1.41. The molecule has 0 aliphatic heterocycles. The van der Waals surface area contributed by atoms with Gasteiger partial charge in [-0.05, 0) is 12.1 Å². The Hall–Kier alpha value is -1.40. The number of hydrogen-bond acceptors (Lipinski definition) is 4. The Morgan fingerprint density at radius 2 is 2.06 bits per heavy atom. The van der Waals surface area contributed by atoms with Crippen LogP contribution >= 0.6 is 0 Å². The first-order valence-corrected chi connectivity index (χ1v) is 4.94. The van der Waals surface area contributed by atoms with Gasteiger partial charge >= 0.3 is 7.12 Å². The molecule has 0 saturated carbocycles. The minimum Gasteiger partial charge on any atom is -0.422 e. The number of nitrogens with one attached hydrogen (secondary N) is 1. The van der Waals surface area contributed by atoms with Crippen LogP contribution in [0, 0.1) is 5.41 Å². The van der Waals surface area contributed by atoms with Gasteiger partial charge in [0.15, 0.2) is 0 Å². The van der Waals surface area contributed by atoms with Crippen molar-refractivity contribution in [2.75, 3.05) is 5.32 Å². The maximum atomic E-state index is 11.7. The molecule has 1 aromatic heterocycles. The SMILES string of the molecule is CC(C)(C)C(=O)Nc1ccnc(B(O)O)c1. The van der Waals surface area contributed by atoms with Crippen LogP contribution in [0.15, 0.2) is 18.3 Å². The lowest BCUT2D eigenvalue weighted by Gasteiger charge is -2.17. The summed E-state index contributed by atoms with van der Waals surface area (Å²) in [7, 11) is -1.63. The Morgan fingerprint density at radius 3 is 2.56 bits per heavy atom. The van der Waals surface area contributed by atoms with Gasteiger partial charge in [0, 0.05) is 17.3 Å². The van der Waals surface area contributed by atoms with Crippen molar-refractivity contribution in [3.05, 3.63) is 18.3 Å². The molecule has 0 unspecified atom stereocenters. The maximum Gasteiger partial charge on any atom is 0.508 e. The third-order valence-electron chi connectivity index (χ3n) is 1.98. The Balaban J connectivity index is 2.83. The van der Waals surface area contributed by atoms with Crippen LogP contribution in [0.4, 0.5) is 5.69 Å². The molecule has 5 nitrogen and oxygen atoms in total. The predicted molar refractivity (Wildman–Crippen MR) is 62.1 cm³/mol. The van der Waals surface area contributed by atoms with Gasteiger partial charge in [-0.25, -0.2) is 0 Å². The summed E-state index contributed by atoms with van der Waals surface area (Å²) in [6, 6.07) is 3.02. The van der Waals surface area contributed by atoms with E-state index in [-0.39, 0.29) is 11.5 Å². The molecule has 1 rings (SSSR count). The second-order valence-electron chi connectivity index (χ2n) is 4.55. The summed E-state index contributed by atoms with van der Waals surface area (Å²) < 4.78 is 0. The first kappa shape index (κ1) is 12.7. The van der Waals surface area contributed by atoms with Crippen molar-refractivity contribution in [2.45, 2.75) is 20.8 Å². The summed E-state index contributed by atoms with van der Waals surface area (Å²) in [6.45, 7) is 5.39. The number of hydrogen-bond donors (Lipinski definition) is 3. The van der Waals surface area contributed by atoms with E-state index in [9.17, 15) is 4.79 Å². The van der Waals surface area contributed by atoms with Gasteiger partial charge in [0.1, 0.15) is 0 Å². The van der Waals surface area contributed by atoms with E-state index in [1.165, 1.54) is 12.3 Å². The topological polar surface area (TPSA) is 82.5 Å². The zero-order valence-electron chi connectivity index (χ0n) is 9.56. The van der Waals surface area contributed by atoms with Crippen molar-refractivity contribution >= 4 is 24.3 Å². The number of rotatable bonds is 2. The van der Waals surface area contributed by atoms with E-state index in [0.29, 0.717) is 5.69 Å². The van der Waals surface area contributed by atoms with Gasteiger partial charge in [0.25, 0.3) is 0 Å². The normalized spacial score (nSPS) is 11.1. The Bertz CT molecular complexity index is 388. The maximum absolute atomic E-state index is 11.7. The highest BCUT2D eigenvalue weighted by atomic mass is 16.4. The number of carbonyl (C=O) groups excluding carboxylic acids is 1. The van der Waals surface area contributed by atoms with Crippen LogP contribution in [0.1, 0.15) is 20.8 Å². The van der Waals surface area contributed by atoms with Gasteiger partial charge in [0.2, 0.25) is 5.91 Å². The van der Waals surface area contributed by atoms with Gasteiger partial charge in [-0.1, -0.05) is 20.8 Å². The molecule has 16 heavy (non-hydrogen) atoms. The molecule has 6 heteroatoms. The van der Waals surface area contributed by atoms with Crippen molar-refractivity contribution in [1.82, 2.24) is 4.98 Å². The van der Waals surface area contributed by atoms with Crippen molar-refractivity contribution in [2.24, 2.45) is 5.41 Å². The molecule has 0 atom stereocenters. The second-order valence-corrected chi connectivity index (χ2v) is 4.55. The minimum atomic E-state index is -1.63. The number of nitrogens with zero attached hydrogens (tertiary/aromatic N) is 1. The number of aromatic nitrogens is 1. The molecular weight excluding hydrogens is 207 g/mol. The number of anilines is 1. The van der Waals surface area contributed by atoms with E-state index in [1.807, 2.05) is 0 Å². The smallest absolute Gasteiger partial charge is 0.422 e. The van der Waals surface area contributed by atoms with Crippen LogP contribution in [-0.2, 0) is 4.79 Å². The number of amides is 1. The van der Waals surface area contributed by atoms with Crippen LogP contribution in [0.5, 0.6) is 0 Å². The molecule has 1 amide bonds.